The van der Waals surface area contributed by atoms with Crippen molar-refractivity contribution in [3.8, 4) is 0 Å². The highest BCUT2D eigenvalue weighted by molar-refractivity contribution is 6.39. The van der Waals surface area contributed by atoms with E-state index in [1.54, 1.807) is 0 Å². The van der Waals surface area contributed by atoms with Crippen molar-refractivity contribution in [1.29, 1.82) is 0 Å². The van der Waals surface area contributed by atoms with Crippen molar-refractivity contribution in [3.63, 3.8) is 0 Å². The van der Waals surface area contributed by atoms with Crippen molar-refractivity contribution in [2.24, 2.45) is 0 Å². The monoisotopic (exact) mass is 380 g/mol. The molecule has 142 valence electrons. The van der Waals surface area contributed by atoms with Crippen LogP contribution in [0.1, 0.15) is 11.1 Å². The second-order valence-electron chi connectivity index (χ2n) is 6.21. The van der Waals surface area contributed by atoms with Crippen molar-refractivity contribution < 1.29 is 18.4 Å². The summed E-state index contributed by atoms with van der Waals surface area (Å²) < 4.78 is 27.1. The summed E-state index contributed by atoms with van der Waals surface area (Å²) in [7, 11) is 0. The van der Waals surface area contributed by atoms with Crippen molar-refractivity contribution in [2.45, 2.75) is 13.1 Å². The van der Waals surface area contributed by atoms with E-state index in [1.807, 2.05) is 60.7 Å². The first kappa shape index (κ1) is 19.2. The fourth-order valence-electron chi connectivity index (χ4n) is 2.72. The van der Waals surface area contributed by atoms with Gasteiger partial charge in [0.1, 0.15) is 11.6 Å². The number of nitrogens with one attached hydrogen (secondary N) is 1. The highest BCUT2D eigenvalue weighted by atomic mass is 19.1. The number of amides is 2. The van der Waals surface area contributed by atoms with Crippen LogP contribution < -0.4 is 5.32 Å². The molecule has 2 amide bonds. The Labute approximate surface area is 161 Å². The molecule has 3 aromatic rings. The van der Waals surface area contributed by atoms with Gasteiger partial charge in [0.25, 0.3) is 0 Å². The zero-order valence-corrected chi connectivity index (χ0v) is 14.9. The van der Waals surface area contributed by atoms with E-state index in [0.717, 1.165) is 29.3 Å². The molecule has 1 N–H and O–H groups in total. The molecule has 0 unspecified atom stereocenters. The molecule has 0 aliphatic heterocycles. The lowest BCUT2D eigenvalue weighted by molar-refractivity contribution is -0.144. The van der Waals surface area contributed by atoms with Crippen LogP contribution >= 0.6 is 0 Å². The van der Waals surface area contributed by atoms with Gasteiger partial charge in [-0.15, -0.1) is 0 Å². The molecule has 0 bridgehead atoms. The Hall–Kier alpha value is -3.54. The molecule has 0 aromatic heterocycles. The van der Waals surface area contributed by atoms with Crippen LogP contribution in [-0.4, -0.2) is 16.7 Å². The maximum Gasteiger partial charge on any atom is 0.314 e. The quantitative estimate of drug-likeness (QED) is 0.677. The number of rotatable bonds is 5. The molecule has 0 saturated heterocycles. The molecule has 4 nitrogen and oxygen atoms in total. The Balaban J connectivity index is 1.80. The highest BCUT2D eigenvalue weighted by Crippen LogP contribution is 2.16. The summed E-state index contributed by atoms with van der Waals surface area (Å²) >= 11 is 0. The van der Waals surface area contributed by atoms with Gasteiger partial charge >= 0.3 is 11.8 Å². The number of nitrogens with zero attached hydrogens (tertiary/aromatic N) is 1. The number of benzene rings is 3. The van der Waals surface area contributed by atoms with Crippen LogP contribution in [0.4, 0.5) is 14.5 Å². The minimum atomic E-state index is -1.03. The third-order valence-electron chi connectivity index (χ3n) is 4.09. The molecule has 0 heterocycles. The Bertz CT molecular complexity index is 921. The van der Waals surface area contributed by atoms with Gasteiger partial charge in [0.05, 0.1) is 5.69 Å². The van der Waals surface area contributed by atoms with E-state index in [9.17, 15) is 18.4 Å². The van der Waals surface area contributed by atoms with E-state index in [1.165, 1.54) is 4.90 Å². The first-order valence-corrected chi connectivity index (χ1v) is 8.66. The molecular formula is C22H18F2N2O2. The predicted molar refractivity (Wildman–Crippen MR) is 102 cm³/mol. The van der Waals surface area contributed by atoms with Gasteiger partial charge in [0.2, 0.25) is 0 Å². The van der Waals surface area contributed by atoms with Gasteiger partial charge in [-0.2, -0.15) is 0 Å². The molecule has 6 heteroatoms. The predicted octanol–water partition coefficient (Wildman–Crippen LogP) is 4.13. The van der Waals surface area contributed by atoms with E-state index < -0.39 is 23.4 Å². The first-order valence-electron chi connectivity index (χ1n) is 8.66. The zero-order valence-electron chi connectivity index (χ0n) is 14.9. The molecule has 0 aliphatic carbocycles. The largest absolute Gasteiger partial charge is 0.326 e. The molecule has 0 fully saturated rings. The summed E-state index contributed by atoms with van der Waals surface area (Å²) in [4.78, 5) is 26.5. The lowest BCUT2D eigenvalue weighted by Crippen LogP contribution is -2.39. The molecular weight excluding hydrogens is 362 g/mol. The molecule has 28 heavy (non-hydrogen) atoms. The molecule has 0 atom stereocenters. The molecule has 0 radical (unpaired) electrons. The van der Waals surface area contributed by atoms with Crippen LogP contribution in [0.25, 0.3) is 0 Å². The summed E-state index contributed by atoms with van der Waals surface area (Å²) in [6.07, 6.45) is 0. The number of anilines is 1. The Morgan fingerprint density at radius 1 is 0.786 bits per heavy atom. The number of halogens is 2. The number of hydrogen-bond donors (Lipinski definition) is 1. The van der Waals surface area contributed by atoms with Crippen LogP contribution in [0, 0.1) is 11.6 Å². The summed E-state index contributed by atoms with van der Waals surface area (Å²) in [5, 5.41) is 2.16. The molecule has 3 aromatic carbocycles. The van der Waals surface area contributed by atoms with Gasteiger partial charge in [0.15, 0.2) is 0 Å². The minimum absolute atomic E-state index is 0.202. The molecule has 3 rings (SSSR count). The first-order chi connectivity index (χ1) is 13.5. The topological polar surface area (TPSA) is 49.4 Å². The summed E-state index contributed by atoms with van der Waals surface area (Å²) in [5.41, 5.74) is 1.31. The number of carbonyl (C=O) groups excluding carboxylic acids is 2. The molecule has 0 spiro atoms. The maximum atomic E-state index is 13.8. The normalized spacial score (nSPS) is 10.4. The van der Waals surface area contributed by atoms with Gasteiger partial charge in [-0.1, -0.05) is 60.7 Å². The van der Waals surface area contributed by atoms with E-state index in [-0.39, 0.29) is 18.8 Å². The molecule has 0 saturated carbocycles. The van der Waals surface area contributed by atoms with Crippen molar-refractivity contribution in [2.75, 3.05) is 5.32 Å². The van der Waals surface area contributed by atoms with Gasteiger partial charge in [-0.25, -0.2) is 8.78 Å². The zero-order chi connectivity index (χ0) is 19.9. The van der Waals surface area contributed by atoms with Crippen LogP contribution in [0.5, 0.6) is 0 Å². The van der Waals surface area contributed by atoms with E-state index in [4.69, 9.17) is 0 Å². The Morgan fingerprint density at radius 3 is 1.86 bits per heavy atom. The Morgan fingerprint density at radius 2 is 1.32 bits per heavy atom. The summed E-state index contributed by atoms with van der Waals surface area (Å²) in [6.45, 7) is 0.404. The lowest BCUT2D eigenvalue weighted by atomic mass is 10.1. The van der Waals surface area contributed by atoms with E-state index in [2.05, 4.69) is 5.32 Å². The van der Waals surface area contributed by atoms with Crippen molar-refractivity contribution >= 4 is 17.5 Å². The van der Waals surface area contributed by atoms with Gasteiger partial charge < -0.3 is 10.2 Å². The third kappa shape index (κ3) is 5.01. The standard InChI is InChI=1S/C22H18F2N2O2/c23-18-11-12-19(24)20(13-18)25-21(27)22(28)26(14-16-7-3-1-4-8-16)15-17-9-5-2-6-10-17/h1-13H,14-15H2,(H,25,27). The third-order valence-corrected chi connectivity index (χ3v) is 4.09. The van der Waals surface area contributed by atoms with E-state index >= 15 is 0 Å². The van der Waals surface area contributed by atoms with Gasteiger partial charge in [0, 0.05) is 19.2 Å². The fourth-order valence-corrected chi connectivity index (χ4v) is 2.72. The van der Waals surface area contributed by atoms with Gasteiger partial charge in [-0.3, -0.25) is 9.59 Å². The van der Waals surface area contributed by atoms with Crippen LogP contribution in [-0.2, 0) is 22.7 Å². The minimum Gasteiger partial charge on any atom is -0.326 e. The summed E-state index contributed by atoms with van der Waals surface area (Å²) in [6, 6.07) is 21.1. The smallest absolute Gasteiger partial charge is 0.314 e. The highest BCUT2D eigenvalue weighted by Gasteiger charge is 2.23. The molecule has 0 aliphatic rings. The fraction of sp³-hybridized carbons (Fsp3) is 0.0909. The van der Waals surface area contributed by atoms with E-state index in [0.29, 0.717) is 0 Å². The van der Waals surface area contributed by atoms with Gasteiger partial charge in [-0.05, 0) is 23.3 Å². The lowest BCUT2D eigenvalue weighted by Gasteiger charge is -2.22. The average molecular weight is 380 g/mol. The SMILES string of the molecule is O=C(Nc1cc(F)ccc1F)C(=O)N(Cc1ccccc1)Cc1ccccc1. The summed E-state index contributed by atoms with van der Waals surface area (Å²) in [5.74, 6) is -3.40. The Kier molecular flexibility index (Phi) is 6.11. The number of carbonyl (C=O) groups is 2. The average Bonchev–Trinajstić information content (AvgIpc) is 2.71. The van der Waals surface area contributed by atoms with Crippen LogP contribution in [0.3, 0.4) is 0 Å². The maximum absolute atomic E-state index is 13.8. The number of hydrogen-bond acceptors (Lipinski definition) is 2. The second kappa shape index (κ2) is 8.90. The second-order valence-corrected chi connectivity index (χ2v) is 6.21. The van der Waals surface area contributed by atoms with Crippen molar-refractivity contribution in [3.05, 3.63) is 102 Å². The van der Waals surface area contributed by atoms with Crippen LogP contribution in [0.15, 0.2) is 78.9 Å². The van der Waals surface area contributed by atoms with Crippen LogP contribution in [0.2, 0.25) is 0 Å². The van der Waals surface area contributed by atoms with Crippen molar-refractivity contribution in [1.82, 2.24) is 4.90 Å².